The predicted molar refractivity (Wildman–Crippen MR) is 130 cm³/mol. The van der Waals surface area contributed by atoms with Crippen molar-refractivity contribution in [2.45, 2.75) is 25.7 Å². The van der Waals surface area contributed by atoms with Crippen LogP contribution in [-0.2, 0) is 11.2 Å². The summed E-state index contributed by atoms with van der Waals surface area (Å²) in [6, 6.07) is 15.7. The summed E-state index contributed by atoms with van der Waals surface area (Å²) in [4.78, 5) is 28.2. The van der Waals surface area contributed by atoms with Gasteiger partial charge < -0.3 is 15.5 Å². The molecule has 0 spiro atoms. The maximum Gasteiger partial charge on any atom is 0.253 e. The molecule has 2 amide bonds. The number of carbonyl (C=O) groups is 2. The number of nitrogens with zero attached hydrogens (tertiary/aromatic N) is 3. The van der Waals surface area contributed by atoms with Gasteiger partial charge in [0.1, 0.15) is 5.82 Å². The van der Waals surface area contributed by atoms with Crippen LogP contribution < -0.4 is 10.6 Å². The van der Waals surface area contributed by atoms with Crippen LogP contribution in [0.1, 0.15) is 35.3 Å². The van der Waals surface area contributed by atoms with Gasteiger partial charge in [-0.05, 0) is 80.3 Å². The highest BCUT2D eigenvalue weighted by molar-refractivity contribution is 5.94. The Kier molecular flexibility index (Phi) is 7.25. The Balaban J connectivity index is 1.27. The Morgan fingerprint density at radius 2 is 1.91 bits per heavy atom. The molecule has 1 saturated heterocycles. The summed E-state index contributed by atoms with van der Waals surface area (Å²) in [6.45, 7) is 2.12. The van der Waals surface area contributed by atoms with Crippen LogP contribution >= 0.6 is 0 Å². The van der Waals surface area contributed by atoms with Crippen LogP contribution in [0.3, 0.4) is 0 Å². The van der Waals surface area contributed by atoms with Crippen LogP contribution in [0.4, 0.5) is 10.1 Å². The van der Waals surface area contributed by atoms with E-state index in [0.29, 0.717) is 18.7 Å². The normalized spacial score (nSPS) is 15.8. The molecule has 1 unspecified atom stereocenters. The Morgan fingerprint density at radius 3 is 2.62 bits per heavy atom. The van der Waals surface area contributed by atoms with Gasteiger partial charge in [-0.1, -0.05) is 0 Å². The van der Waals surface area contributed by atoms with E-state index in [1.807, 2.05) is 30.3 Å². The molecule has 0 radical (unpaired) electrons. The first-order chi connectivity index (χ1) is 16.4. The van der Waals surface area contributed by atoms with Crippen molar-refractivity contribution in [2.24, 2.45) is 11.7 Å². The van der Waals surface area contributed by atoms with E-state index in [1.54, 1.807) is 24.1 Å². The molecule has 1 aromatic heterocycles. The average molecular weight is 464 g/mol. The number of benzene rings is 2. The summed E-state index contributed by atoms with van der Waals surface area (Å²) in [5, 5.41) is 7.32. The zero-order chi connectivity index (χ0) is 24.1. The molecule has 8 heteroatoms. The van der Waals surface area contributed by atoms with Crippen molar-refractivity contribution in [1.29, 1.82) is 0 Å². The lowest BCUT2D eigenvalue weighted by Crippen LogP contribution is -2.41. The fourth-order valence-corrected chi connectivity index (χ4v) is 4.35. The van der Waals surface area contributed by atoms with Crippen molar-refractivity contribution in [3.8, 4) is 11.3 Å². The SMILES string of the molecule is CN(CCCc1cc(-c2ccc(F)cc2)n[nH]1)C(=O)c1ccc(N2CCCC(C(N)=O)C2)cc1. The van der Waals surface area contributed by atoms with E-state index in [2.05, 4.69) is 15.1 Å². The number of rotatable bonds is 8. The number of anilines is 1. The van der Waals surface area contributed by atoms with Crippen molar-refractivity contribution in [3.63, 3.8) is 0 Å². The zero-order valence-corrected chi connectivity index (χ0v) is 19.3. The van der Waals surface area contributed by atoms with E-state index in [-0.39, 0.29) is 23.5 Å². The Morgan fingerprint density at radius 1 is 1.18 bits per heavy atom. The number of hydrogen-bond donors (Lipinski definition) is 2. The maximum absolute atomic E-state index is 13.1. The molecule has 4 rings (SSSR count). The monoisotopic (exact) mass is 463 g/mol. The number of hydrogen-bond acceptors (Lipinski definition) is 4. The number of aromatic nitrogens is 2. The highest BCUT2D eigenvalue weighted by Crippen LogP contribution is 2.24. The van der Waals surface area contributed by atoms with Crippen LogP contribution in [0.15, 0.2) is 54.6 Å². The summed E-state index contributed by atoms with van der Waals surface area (Å²) in [5.41, 5.74) is 9.72. The average Bonchev–Trinajstić information content (AvgIpc) is 3.33. The van der Waals surface area contributed by atoms with Crippen molar-refractivity contribution < 1.29 is 14.0 Å². The van der Waals surface area contributed by atoms with E-state index in [1.165, 1.54) is 12.1 Å². The van der Waals surface area contributed by atoms with Gasteiger partial charge in [0.25, 0.3) is 5.91 Å². The number of halogens is 1. The third kappa shape index (κ3) is 5.62. The minimum Gasteiger partial charge on any atom is -0.371 e. The van der Waals surface area contributed by atoms with Crippen LogP contribution in [-0.4, -0.2) is 53.6 Å². The second-order valence-corrected chi connectivity index (χ2v) is 8.85. The maximum atomic E-state index is 13.1. The number of nitrogens with one attached hydrogen (secondary N) is 1. The molecular weight excluding hydrogens is 433 g/mol. The van der Waals surface area contributed by atoms with Gasteiger partial charge >= 0.3 is 0 Å². The first-order valence-electron chi connectivity index (χ1n) is 11.6. The molecule has 1 aliphatic rings. The number of primary amides is 1. The quantitative estimate of drug-likeness (QED) is 0.533. The highest BCUT2D eigenvalue weighted by atomic mass is 19.1. The van der Waals surface area contributed by atoms with Gasteiger partial charge in [-0.25, -0.2) is 4.39 Å². The van der Waals surface area contributed by atoms with Crippen LogP contribution in [0.2, 0.25) is 0 Å². The summed E-state index contributed by atoms with van der Waals surface area (Å²) in [5.74, 6) is -0.676. The standard InChI is InChI=1S/C26H30FN5O2/c1-31(14-3-5-22-16-24(30-29-22)18-6-10-21(27)11-7-18)26(34)19-8-12-23(13-9-19)32-15-2-4-20(17-32)25(28)33/h6-13,16,20H,2-5,14-15,17H2,1H3,(H2,28,33)(H,29,30). The molecule has 0 aliphatic carbocycles. The molecule has 1 fully saturated rings. The second-order valence-electron chi connectivity index (χ2n) is 8.85. The fourth-order valence-electron chi connectivity index (χ4n) is 4.35. The smallest absolute Gasteiger partial charge is 0.253 e. The number of aryl methyl sites for hydroxylation is 1. The van der Waals surface area contributed by atoms with Gasteiger partial charge in [0.15, 0.2) is 0 Å². The highest BCUT2D eigenvalue weighted by Gasteiger charge is 2.24. The van der Waals surface area contributed by atoms with Crippen LogP contribution in [0, 0.1) is 11.7 Å². The third-order valence-electron chi connectivity index (χ3n) is 6.36. The largest absolute Gasteiger partial charge is 0.371 e. The first-order valence-corrected chi connectivity index (χ1v) is 11.6. The Labute approximate surface area is 198 Å². The topological polar surface area (TPSA) is 95.3 Å². The van der Waals surface area contributed by atoms with Gasteiger partial charge in [0.2, 0.25) is 5.91 Å². The van der Waals surface area contributed by atoms with Gasteiger partial charge in [0.05, 0.1) is 11.6 Å². The fraction of sp³-hybridized carbons (Fsp3) is 0.346. The molecule has 1 aliphatic heterocycles. The van der Waals surface area contributed by atoms with E-state index in [9.17, 15) is 14.0 Å². The molecule has 0 bridgehead atoms. The molecule has 2 aromatic carbocycles. The first kappa shape index (κ1) is 23.5. The van der Waals surface area contributed by atoms with Gasteiger partial charge in [-0.3, -0.25) is 14.7 Å². The van der Waals surface area contributed by atoms with Crippen LogP contribution in [0.5, 0.6) is 0 Å². The third-order valence-corrected chi connectivity index (χ3v) is 6.36. The molecule has 178 valence electrons. The molecule has 3 N–H and O–H groups in total. The number of piperidine rings is 1. The van der Waals surface area contributed by atoms with E-state index in [0.717, 1.165) is 54.9 Å². The Hall–Kier alpha value is -3.68. The van der Waals surface area contributed by atoms with Gasteiger partial charge in [-0.15, -0.1) is 0 Å². The van der Waals surface area contributed by atoms with Gasteiger partial charge in [0, 0.05) is 49.2 Å². The van der Waals surface area contributed by atoms with Crippen molar-refractivity contribution in [2.75, 3.05) is 31.6 Å². The molecule has 0 saturated carbocycles. The van der Waals surface area contributed by atoms with Crippen molar-refractivity contribution in [1.82, 2.24) is 15.1 Å². The Bertz CT molecular complexity index is 1130. The predicted octanol–water partition coefficient (Wildman–Crippen LogP) is 3.62. The van der Waals surface area contributed by atoms with Gasteiger partial charge in [-0.2, -0.15) is 5.10 Å². The van der Waals surface area contributed by atoms with E-state index >= 15 is 0 Å². The molecule has 1 atom stereocenters. The lowest BCUT2D eigenvalue weighted by molar-refractivity contribution is -0.122. The van der Waals surface area contributed by atoms with E-state index in [4.69, 9.17) is 5.73 Å². The number of carbonyl (C=O) groups excluding carboxylic acids is 2. The summed E-state index contributed by atoms with van der Waals surface area (Å²) >= 11 is 0. The van der Waals surface area contributed by atoms with Crippen molar-refractivity contribution >= 4 is 17.5 Å². The molecule has 3 aromatic rings. The summed E-state index contributed by atoms with van der Waals surface area (Å²) < 4.78 is 13.1. The second kappa shape index (κ2) is 10.5. The number of nitrogens with two attached hydrogens (primary N) is 1. The number of amides is 2. The molecule has 7 nitrogen and oxygen atoms in total. The lowest BCUT2D eigenvalue weighted by atomic mass is 9.97. The van der Waals surface area contributed by atoms with E-state index < -0.39 is 0 Å². The zero-order valence-electron chi connectivity index (χ0n) is 19.3. The molecular formula is C26H30FN5O2. The van der Waals surface area contributed by atoms with Crippen molar-refractivity contribution in [3.05, 3.63) is 71.7 Å². The summed E-state index contributed by atoms with van der Waals surface area (Å²) in [7, 11) is 1.80. The minimum atomic E-state index is -0.273. The summed E-state index contributed by atoms with van der Waals surface area (Å²) in [6.07, 6.45) is 3.30. The molecule has 34 heavy (non-hydrogen) atoms. The number of aromatic amines is 1. The number of H-pyrrole nitrogens is 1. The minimum absolute atomic E-state index is 0.0307. The lowest BCUT2D eigenvalue weighted by Gasteiger charge is -2.33. The van der Waals surface area contributed by atoms with Crippen LogP contribution in [0.25, 0.3) is 11.3 Å². The molecule has 2 heterocycles.